The molecular formula is C12H7Br2ClF2S. The van der Waals surface area contributed by atoms with Gasteiger partial charge < -0.3 is 0 Å². The minimum Gasteiger partial charge on any atom is -0.207 e. The Morgan fingerprint density at radius 2 is 2.00 bits per heavy atom. The van der Waals surface area contributed by atoms with Crippen LogP contribution in [-0.4, -0.2) is 0 Å². The minimum atomic E-state index is -0.569. The molecule has 96 valence electrons. The smallest absolute Gasteiger partial charge is 0.133 e. The van der Waals surface area contributed by atoms with Gasteiger partial charge in [-0.25, -0.2) is 8.78 Å². The molecule has 0 saturated carbocycles. The van der Waals surface area contributed by atoms with Crippen molar-refractivity contribution < 1.29 is 8.78 Å². The first-order valence-electron chi connectivity index (χ1n) is 4.95. The zero-order valence-corrected chi connectivity index (χ0v) is 13.9. The maximum absolute atomic E-state index is 14.0. The number of rotatable bonds is 2. The molecule has 0 N–H and O–H groups in total. The van der Waals surface area contributed by atoms with Gasteiger partial charge in [-0.2, -0.15) is 0 Å². The molecule has 1 unspecified atom stereocenters. The first-order chi connectivity index (χ1) is 8.41. The monoisotopic (exact) mass is 414 g/mol. The van der Waals surface area contributed by atoms with Crippen molar-refractivity contribution in [2.24, 2.45) is 0 Å². The van der Waals surface area contributed by atoms with E-state index in [0.29, 0.717) is 9.90 Å². The first-order valence-corrected chi connectivity index (χ1v) is 7.85. The zero-order valence-electron chi connectivity index (χ0n) is 9.11. The summed E-state index contributed by atoms with van der Waals surface area (Å²) in [6, 6.07) is 4.45. The fourth-order valence-corrected chi connectivity index (χ4v) is 4.10. The van der Waals surface area contributed by atoms with Crippen molar-refractivity contribution in [1.82, 2.24) is 0 Å². The van der Waals surface area contributed by atoms with E-state index in [4.69, 9.17) is 11.6 Å². The summed E-state index contributed by atoms with van der Waals surface area (Å²) in [5, 5.41) is 0. The molecule has 0 fully saturated rings. The molecule has 0 nitrogen and oxygen atoms in total. The number of alkyl halides is 1. The number of thiophene rings is 1. The van der Waals surface area contributed by atoms with Crippen LogP contribution in [0.25, 0.3) is 0 Å². The quantitative estimate of drug-likeness (QED) is 0.509. The molecule has 0 radical (unpaired) electrons. The lowest BCUT2D eigenvalue weighted by Gasteiger charge is -2.12. The fourth-order valence-electron chi connectivity index (χ4n) is 1.54. The van der Waals surface area contributed by atoms with Crippen LogP contribution in [0, 0.1) is 18.6 Å². The maximum Gasteiger partial charge on any atom is 0.133 e. The number of benzene rings is 1. The van der Waals surface area contributed by atoms with Crippen molar-refractivity contribution in [2.45, 2.75) is 11.8 Å². The van der Waals surface area contributed by atoms with Crippen molar-refractivity contribution in [2.75, 3.05) is 0 Å². The molecule has 0 aliphatic rings. The molecule has 1 heterocycles. The van der Waals surface area contributed by atoms with Crippen LogP contribution in [0.2, 0.25) is 4.34 Å². The summed E-state index contributed by atoms with van der Waals surface area (Å²) in [4.78, 5) is 0.196. The van der Waals surface area contributed by atoms with Crippen LogP contribution in [0.3, 0.4) is 0 Å². The van der Waals surface area contributed by atoms with Crippen molar-refractivity contribution in [1.29, 1.82) is 0 Å². The van der Waals surface area contributed by atoms with Crippen LogP contribution in [-0.2, 0) is 0 Å². The van der Waals surface area contributed by atoms with Gasteiger partial charge in [0, 0.05) is 14.9 Å². The Morgan fingerprint density at radius 1 is 1.33 bits per heavy atom. The molecule has 0 spiro atoms. The molecule has 0 amide bonds. The highest BCUT2D eigenvalue weighted by Crippen LogP contribution is 2.42. The van der Waals surface area contributed by atoms with Crippen molar-refractivity contribution in [3.8, 4) is 0 Å². The lowest BCUT2D eigenvalue weighted by Crippen LogP contribution is -2.01. The Labute approximate surface area is 129 Å². The highest BCUT2D eigenvalue weighted by Gasteiger charge is 2.23. The van der Waals surface area contributed by atoms with Crippen LogP contribution in [0.4, 0.5) is 8.78 Å². The maximum atomic E-state index is 14.0. The number of halogens is 5. The molecule has 0 bridgehead atoms. The second-order valence-corrected chi connectivity index (χ2v) is 7.18. The highest BCUT2D eigenvalue weighted by atomic mass is 79.9. The Morgan fingerprint density at radius 3 is 2.56 bits per heavy atom. The van der Waals surface area contributed by atoms with Gasteiger partial charge in [0.05, 0.1) is 4.83 Å². The molecule has 1 aromatic heterocycles. The van der Waals surface area contributed by atoms with Crippen LogP contribution in [0.1, 0.15) is 20.8 Å². The van der Waals surface area contributed by atoms with E-state index in [1.54, 1.807) is 13.0 Å². The second kappa shape index (κ2) is 5.57. The molecule has 0 saturated heterocycles. The Bertz CT molecular complexity index is 579. The van der Waals surface area contributed by atoms with E-state index in [9.17, 15) is 8.78 Å². The number of hydrogen-bond acceptors (Lipinski definition) is 1. The van der Waals surface area contributed by atoms with E-state index < -0.39 is 16.5 Å². The Kier molecular flexibility index (Phi) is 4.47. The topological polar surface area (TPSA) is 0 Å². The van der Waals surface area contributed by atoms with Crippen LogP contribution < -0.4 is 0 Å². The lowest BCUT2D eigenvalue weighted by molar-refractivity contribution is 0.556. The van der Waals surface area contributed by atoms with Gasteiger partial charge in [0.15, 0.2) is 0 Å². The summed E-state index contributed by atoms with van der Waals surface area (Å²) in [6.45, 7) is 1.61. The summed E-state index contributed by atoms with van der Waals surface area (Å²) >= 11 is 13.8. The van der Waals surface area contributed by atoms with Gasteiger partial charge in [-0.05, 0) is 40.5 Å². The lowest BCUT2D eigenvalue weighted by atomic mass is 10.1. The third kappa shape index (κ3) is 2.64. The van der Waals surface area contributed by atoms with E-state index in [2.05, 4.69) is 31.9 Å². The largest absolute Gasteiger partial charge is 0.207 e. The summed E-state index contributed by atoms with van der Waals surface area (Å²) in [5.74, 6) is -1.10. The summed E-state index contributed by atoms with van der Waals surface area (Å²) in [5.41, 5.74) is 0.429. The van der Waals surface area contributed by atoms with E-state index in [1.165, 1.54) is 23.5 Å². The van der Waals surface area contributed by atoms with Crippen LogP contribution in [0.5, 0.6) is 0 Å². The van der Waals surface area contributed by atoms with Gasteiger partial charge in [0.25, 0.3) is 0 Å². The standard InChI is InChI=1S/C12H7Br2ClF2S/c1-5-2-3-7(16)9(11(5)17)10(14)8-4-6(13)12(15)18-8/h2-4,10H,1H3. The molecule has 2 aromatic rings. The average molecular weight is 417 g/mol. The third-order valence-corrected chi connectivity index (χ3v) is 6.28. The van der Waals surface area contributed by atoms with E-state index >= 15 is 0 Å². The van der Waals surface area contributed by atoms with Crippen molar-refractivity contribution in [3.05, 3.63) is 54.6 Å². The molecule has 1 atom stereocenters. The summed E-state index contributed by atoms with van der Waals surface area (Å²) in [6.07, 6.45) is 0. The fraction of sp³-hybridized carbons (Fsp3) is 0.167. The van der Waals surface area contributed by atoms with Crippen molar-refractivity contribution >= 4 is 54.8 Å². The van der Waals surface area contributed by atoms with Crippen LogP contribution >= 0.6 is 54.8 Å². The minimum absolute atomic E-state index is 0.0143. The van der Waals surface area contributed by atoms with Gasteiger partial charge >= 0.3 is 0 Å². The first kappa shape index (κ1) is 14.4. The molecule has 18 heavy (non-hydrogen) atoms. The molecule has 0 aliphatic heterocycles. The van der Waals surface area contributed by atoms with Gasteiger partial charge in [-0.1, -0.05) is 33.6 Å². The second-order valence-electron chi connectivity index (χ2n) is 3.72. The Balaban J connectivity index is 2.52. The van der Waals surface area contributed by atoms with Gasteiger partial charge in [-0.3, -0.25) is 0 Å². The summed E-state index contributed by atoms with van der Waals surface area (Å²) < 4.78 is 29.0. The van der Waals surface area contributed by atoms with Gasteiger partial charge in [-0.15, -0.1) is 11.3 Å². The molecule has 6 heteroatoms. The molecule has 1 aromatic carbocycles. The average Bonchev–Trinajstić information content (AvgIpc) is 2.65. The molecular weight excluding hydrogens is 409 g/mol. The molecule has 2 rings (SSSR count). The van der Waals surface area contributed by atoms with Crippen molar-refractivity contribution in [3.63, 3.8) is 0 Å². The SMILES string of the molecule is Cc1ccc(F)c(C(Br)c2cc(Br)c(Cl)s2)c1F. The number of aryl methyl sites for hydroxylation is 1. The van der Waals surface area contributed by atoms with Gasteiger partial charge in [0.2, 0.25) is 0 Å². The third-order valence-electron chi connectivity index (χ3n) is 2.49. The Hall–Kier alpha value is 0.0300. The molecule has 0 aliphatic carbocycles. The highest BCUT2D eigenvalue weighted by molar-refractivity contribution is 9.10. The van der Waals surface area contributed by atoms with E-state index in [0.717, 1.165) is 9.35 Å². The zero-order chi connectivity index (χ0) is 13.4. The predicted octanol–water partition coefficient (Wildman–Crippen LogP) is 6.23. The van der Waals surface area contributed by atoms with E-state index in [1.807, 2.05) is 0 Å². The van der Waals surface area contributed by atoms with E-state index in [-0.39, 0.29) is 5.56 Å². The predicted molar refractivity (Wildman–Crippen MR) is 78.9 cm³/mol. The summed E-state index contributed by atoms with van der Waals surface area (Å²) in [7, 11) is 0. The van der Waals surface area contributed by atoms with Crippen LogP contribution in [0.15, 0.2) is 22.7 Å². The van der Waals surface area contributed by atoms with Gasteiger partial charge in [0.1, 0.15) is 16.0 Å². The number of hydrogen-bond donors (Lipinski definition) is 0. The normalized spacial score (nSPS) is 12.8.